The van der Waals surface area contributed by atoms with Crippen molar-refractivity contribution < 1.29 is 9.90 Å². The fraction of sp³-hybridized carbons (Fsp3) is 0.857. The number of nitrogens with one attached hydrogen (secondary N) is 1. The first-order chi connectivity index (χ1) is 5.20. The zero-order valence-corrected chi connectivity index (χ0v) is 7.78. The van der Waals surface area contributed by atoms with Gasteiger partial charge in [0, 0.05) is 18.2 Å². The SMILES string of the molecule is CSCCC(=O)NC(C)CO. The summed E-state index contributed by atoms with van der Waals surface area (Å²) in [5.74, 6) is 0.852. The lowest BCUT2D eigenvalue weighted by atomic mass is 10.3. The summed E-state index contributed by atoms with van der Waals surface area (Å²) in [4.78, 5) is 10.9. The Labute approximate surface area is 71.6 Å². The second kappa shape index (κ2) is 6.49. The van der Waals surface area contributed by atoms with E-state index < -0.39 is 0 Å². The second-order valence-electron chi connectivity index (χ2n) is 2.39. The summed E-state index contributed by atoms with van der Waals surface area (Å²) in [6.07, 6.45) is 2.49. The molecule has 0 saturated carbocycles. The van der Waals surface area contributed by atoms with Gasteiger partial charge in [0.2, 0.25) is 5.91 Å². The van der Waals surface area contributed by atoms with E-state index in [4.69, 9.17) is 5.11 Å². The molecule has 66 valence electrons. The van der Waals surface area contributed by atoms with Gasteiger partial charge in [-0.05, 0) is 13.2 Å². The fourth-order valence-corrected chi connectivity index (χ4v) is 0.977. The van der Waals surface area contributed by atoms with E-state index in [2.05, 4.69) is 5.32 Å². The fourth-order valence-electron chi connectivity index (χ4n) is 0.587. The third kappa shape index (κ3) is 6.19. The molecule has 0 aromatic rings. The van der Waals surface area contributed by atoms with Crippen LogP contribution >= 0.6 is 11.8 Å². The van der Waals surface area contributed by atoms with Gasteiger partial charge in [0.25, 0.3) is 0 Å². The molecule has 0 aliphatic carbocycles. The van der Waals surface area contributed by atoms with Crippen LogP contribution in [-0.2, 0) is 4.79 Å². The van der Waals surface area contributed by atoms with Crippen LogP contribution in [0.2, 0.25) is 0 Å². The Morgan fingerprint density at radius 2 is 2.36 bits per heavy atom. The van der Waals surface area contributed by atoms with Crippen molar-refractivity contribution in [3.05, 3.63) is 0 Å². The van der Waals surface area contributed by atoms with Crippen LogP contribution in [0.25, 0.3) is 0 Å². The van der Waals surface area contributed by atoms with E-state index in [0.717, 1.165) is 5.75 Å². The van der Waals surface area contributed by atoms with E-state index in [1.54, 1.807) is 18.7 Å². The highest BCUT2D eigenvalue weighted by Crippen LogP contribution is 1.95. The Hall–Kier alpha value is -0.220. The standard InChI is InChI=1S/C7H15NO2S/c1-6(5-9)8-7(10)3-4-11-2/h6,9H,3-5H2,1-2H3,(H,8,10). The van der Waals surface area contributed by atoms with Gasteiger partial charge < -0.3 is 10.4 Å². The summed E-state index contributed by atoms with van der Waals surface area (Å²) in [5, 5.41) is 11.3. The number of hydrogen-bond donors (Lipinski definition) is 2. The second-order valence-corrected chi connectivity index (χ2v) is 3.38. The molecule has 4 heteroatoms. The van der Waals surface area contributed by atoms with Gasteiger partial charge in [0.05, 0.1) is 6.61 Å². The minimum absolute atomic E-state index is 0.00497. The number of carbonyl (C=O) groups is 1. The van der Waals surface area contributed by atoms with Crippen LogP contribution in [0.4, 0.5) is 0 Å². The maximum absolute atomic E-state index is 10.9. The number of aliphatic hydroxyl groups is 1. The third-order valence-electron chi connectivity index (χ3n) is 1.21. The maximum atomic E-state index is 10.9. The molecule has 3 nitrogen and oxygen atoms in total. The molecular formula is C7H15NO2S. The summed E-state index contributed by atoms with van der Waals surface area (Å²) in [7, 11) is 0. The summed E-state index contributed by atoms with van der Waals surface area (Å²) >= 11 is 1.64. The lowest BCUT2D eigenvalue weighted by Crippen LogP contribution is -2.35. The van der Waals surface area contributed by atoms with Gasteiger partial charge in [-0.1, -0.05) is 0 Å². The van der Waals surface area contributed by atoms with Crippen molar-refractivity contribution in [3.63, 3.8) is 0 Å². The average Bonchev–Trinajstić information content (AvgIpc) is 2.00. The molecule has 0 aromatic heterocycles. The molecule has 11 heavy (non-hydrogen) atoms. The first-order valence-corrected chi connectivity index (χ1v) is 4.99. The molecule has 2 N–H and O–H groups in total. The zero-order chi connectivity index (χ0) is 8.69. The number of amides is 1. The molecule has 0 radical (unpaired) electrons. The molecule has 1 unspecified atom stereocenters. The largest absolute Gasteiger partial charge is 0.394 e. The van der Waals surface area contributed by atoms with Crippen molar-refractivity contribution in [3.8, 4) is 0 Å². The molecule has 1 amide bonds. The minimum atomic E-state index is -0.121. The Balaban J connectivity index is 3.36. The van der Waals surface area contributed by atoms with Gasteiger partial charge in [0.15, 0.2) is 0 Å². The third-order valence-corrected chi connectivity index (χ3v) is 1.83. The molecule has 0 aliphatic rings. The van der Waals surface area contributed by atoms with Crippen LogP contribution in [0.3, 0.4) is 0 Å². The highest BCUT2D eigenvalue weighted by molar-refractivity contribution is 7.98. The van der Waals surface area contributed by atoms with Crippen molar-refractivity contribution in [2.45, 2.75) is 19.4 Å². The molecule has 0 rings (SSSR count). The topological polar surface area (TPSA) is 49.3 Å². The van der Waals surface area contributed by atoms with Gasteiger partial charge in [0.1, 0.15) is 0 Å². The van der Waals surface area contributed by atoms with Crippen molar-refractivity contribution in [1.29, 1.82) is 0 Å². The van der Waals surface area contributed by atoms with Crippen molar-refractivity contribution >= 4 is 17.7 Å². The Morgan fingerprint density at radius 3 is 2.82 bits per heavy atom. The molecule has 1 atom stereocenters. The quantitative estimate of drug-likeness (QED) is 0.632. The molecule has 0 aromatic carbocycles. The van der Waals surface area contributed by atoms with Crippen molar-refractivity contribution in [2.24, 2.45) is 0 Å². The molecule has 0 saturated heterocycles. The van der Waals surface area contributed by atoms with E-state index in [1.807, 2.05) is 6.26 Å². The molecule has 0 heterocycles. The van der Waals surface area contributed by atoms with Gasteiger partial charge in [-0.2, -0.15) is 11.8 Å². The van der Waals surface area contributed by atoms with Crippen LogP contribution in [-0.4, -0.2) is 35.7 Å². The minimum Gasteiger partial charge on any atom is -0.394 e. The summed E-state index contributed by atoms with van der Waals surface area (Å²) in [5.41, 5.74) is 0. The number of thioether (sulfide) groups is 1. The van der Waals surface area contributed by atoms with Crippen molar-refractivity contribution in [1.82, 2.24) is 5.32 Å². The Bertz CT molecular complexity index is 119. The molecule has 0 aliphatic heterocycles. The van der Waals surface area contributed by atoms with Crippen LogP contribution in [0.5, 0.6) is 0 Å². The highest BCUT2D eigenvalue weighted by atomic mass is 32.2. The van der Waals surface area contributed by atoms with E-state index in [-0.39, 0.29) is 18.6 Å². The zero-order valence-electron chi connectivity index (χ0n) is 6.96. The predicted molar refractivity (Wildman–Crippen MR) is 47.7 cm³/mol. The van der Waals surface area contributed by atoms with Crippen LogP contribution in [0.15, 0.2) is 0 Å². The smallest absolute Gasteiger partial charge is 0.221 e. The number of hydrogen-bond acceptors (Lipinski definition) is 3. The van der Waals surface area contributed by atoms with E-state index >= 15 is 0 Å². The molecule has 0 fully saturated rings. The van der Waals surface area contributed by atoms with Gasteiger partial charge in [-0.15, -0.1) is 0 Å². The maximum Gasteiger partial charge on any atom is 0.221 e. The summed E-state index contributed by atoms with van der Waals surface area (Å²) in [6.45, 7) is 1.78. The number of carbonyl (C=O) groups excluding carboxylic acids is 1. The van der Waals surface area contributed by atoms with E-state index in [9.17, 15) is 4.79 Å². The van der Waals surface area contributed by atoms with E-state index in [0.29, 0.717) is 6.42 Å². The number of aliphatic hydroxyl groups excluding tert-OH is 1. The van der Waals surface area contributed by atoms with Crippen LogP contribution in [0.1, 0.15) is 13.3 Å². The van der Waals surface area contributed by atoms with Gasteiger partial charge in [-0.3, -0.25) is 4.79 Å². The molecule has 0 bridgehead atoms. The summed E-state index contributed by atoms with van der Waals surface area (Å²) in [6, 6.07) is -0.121. The first kappa shape index (κ1) is 10.8. The molecular weight excluding hydrogens is 162 g/mol. The monoisotopic (exact) mass is 177 g/mol. The lowest BCUT2D eigenvalue weighted by molar-refractivity contribution is -0.121. The average molecular weight is 177 g/mol. The number of rotatable bonds is 5. The van der Waals surface area contributed by atoms with Crippen LogP contribution < -0.4 is 5.32 Å². The van der Waals surface area contributed by atoms with Gasteiger partial charge in [-0.25, -0.2) is 0 Å². The molecule has 0 spiro atoms. The Morgan fingerprint density at radius 1 is 1.73 bits per heavy atom. The summed E-state index contributed by atoms with van der Waals surface area (Å²) < 4.78 is 0. The first-order valence-electron chi connectivity index (χ1n) is 3.60. The predicted octanol–water partition coefficient (Wildman–Crippen LogP) is 0.236. The van der Waals surface area contributed by atoms with Crippen LogP contribution in [0, 0.1) is 0 Å². The van der Waals surface area contributed by atoms with E-state index in [1.165, 1.54) is 0 Å². The van der Waals surface area contributed by atoms with Crippen molar-refractivity contribution in [2.75, 3.05) is 18.6 Å². The Kier molecular flexibility index (Phi) is 6.36. The normalized spacial score (nSPS) is 12.6. The van der Waals surface area contributed by atoms with Gasteiger partial charge >= 0.3 is 0 Å². The highest BCUT2D eigenvalue weighted by Gasteiger charge is 2.04. The lowest BCUT2D eigenvalue weighted by Gasteiger charge is -2.09.